The lowest BCUT2D eigenvalue weighted by Gasteiger charge is -2.01. The van der Waals surface area contributed by atoms with Crippen LogP contribution in [0.4, 0.5) is 0 Å². The lowest BCUT2D eigenvalue weighted by atomic mass is 10.2. The van der Waals surface area contributed by atoms with Gasteiger partial charge in [0.05, 0.1) is 13.2 Å². The fourth-order valence-electron chi connectivity index (χ4n) is 0.565. The average molecular weight is 144 g/mol. The van der Waals surface area contributed by atoms with Gasteiger partial charge in [0.1, 0.15) is 0 Å². The minimum atomic E-state index is -1.24. The van der Waals surface area contributed by atoms with Gasteiger partial charge in [-0.1, -0.05) is 0 Å². The molecule has 1 aliphatic rings. The Morgan fingerprint density at radius 2 is 2.50 bits per heavy atom. The number of aldehydes is 1. The predicted molar refractivity (Wildman–Crippen MR) is 31.4 cm³/mol. The molecule has 0 spiro atoms. The largest absolute Gasteiger partial charge is 0.463 e. The van der Waals surface area contributed by atoms with Gasteiger partial charge >= 0.3 is 5.97 Å². The number of rotatable bonds is 3. The van der Waals surface area contributed by atoms with Crippen molar-refractivity contribution in [1.29, 1.82) is 0 Å². The number of carbonyl (C=O) groups excluding carboxylic acids is 2. The molecule has 4 nitrogen and oxygen atoms in total. The summed E-state index contributed by atoms with van der Waals surface area (Å²) in [6.45, 7) is 2.12. The van der Waals surface area contributed by atoms with Gasteiger partial charge < -0.3 is 9.47 Å². The minimum Gasteiger partial charge on any atom is -0.463 e. The van der Waals surface area contributed by atoms with Crippen molar-refractivity contribution < 1.29 is 19.1 Å². The van der Waals surface area contributed by atoms with E-state index in [4.69, 9.17) is 0 Å². The lowest BCUT2D eigenvalue weighted by molar-refractivity contribution is -0.150. The van der Waals surface area contributed by atoms with Gasteiger partial charge in [0.2, 0.25) is 5.60 Å². The molecule has 1 atom stereocenters. The summed E-state index contributed by atoms with van der Waals surface area (Å²) < 4.78 is 9.18. The number of esters is 1. The maximum atomic E-state index is 10.8. The molecule has 0 aliphatic carbocycles. The van der Waals surface area contributed by atoms with E-state index in [9.17, 15) is 9.59 Å². The molecule has 1 rings (SSSR count). The van der Waals surface area contributed by atoms with Crippen LogP contribution >= 0.6 is 0 Å². The van der Waals surface area contributed by atoms with Crippen LogP contribution in [0.5, 0.6) is 0 Å². The van der Waals surface area contributed by atoms with E-state index in [1.807, 2.05) is 0 Å². The van der Waals surface area contributed by atoms with Crippen molar-refractivity contribution in [2.45, 2.75) is 12.5 Å². The topological polar surface area (TPSA) is 55.9 Å². The van der Waals surface area contributed by atoms with E-state index in [1.165, 1.54) is 0 Å². The number of epoxide rings is 1. The monoisotopic (exact) mass is 144 g/mol. The Labute approximate surface area is 58.1 Å². The number of hydrogen-bond acceptors (Lipinski definition) is 4. The Morgan fingerprint density at radius 1 is 1.90 bits per heavy atom. The fraction of sp³-hybridized carbons (Fsp3) is 0.667. The Hall–Kier alpha value is -0.900. The molecule has 0 aromatic carbocycles. The molecule has 0 bridgehead atoms. The average Bonchev–Trinajstić information content (AvgIpc) is 2.68. The first-order chi connectivity index (χ1) is 4.75. The van der Waals surface area contributed by atoms with Crippen molar-refractivity contribution in [2.24, 2.45) is 0 Å². The van der Waals surface area contributed by atoms with Gasteiger partial charge in [0.15, 0.2) is 6.29 Å². The summed E-state index contributed by atoms with van der Waals surface area (Å²) in [6, 6.07) is 0. The highest BCUT2D eigenvalue weighted by atomic mass is 16.6. The third-order valence-corrected chi connectivity index (χ3v) is 1.27. The standard InChI is InChI=1S/C6H8O4/c1-2-9-5(8)6(3-7)4-10-6/h3H,2,4H2,1H3. The van der Waals surface area contributed by atoms with Gasteiger partial charge in [-0.15, -0.1) is 0 Å². The normalized spacial score (nSPS) is 29.3. The van der Waals surface area contributed by atoms with E-state index in [-0.39, 0.29) is 13.2 Å². The molecular weight excluding hydrogens is 136 g/mol. The highest BCUT2D eigenvalue weighted by Gasteiger charge is 2.54. The molecule has 0 aromatic heterocycles. The van der Waals surface area contributed by atoms with Gasteiger partial charge in [0, 0.05) is 0 Å². The van der Waals surface area contributed by atoms with Crippen LogP contribution in [-0.4, -0.2) is 31.1 Å². The van der Waals surface area contributed by atoms with Gasteiger partial charge in [-0.2, -0.15) is 0 Å². The number of hydrogen-bond donors (Lipinski definition) is 0. The van der Waals surface area contributed by atoms with Gasteiger partial charge in [-0.25, -0.2) is 4.79 Å². The zero-order chi connectivity index (χ0) is 7.61. The summed E-state index contributed by atoms with van der Waals surface area (Å²) in [5, 5.41) is 0. The Balaban J connectivity index is 2.47. The van der Waals surface area contributed by atoms with Crippen molar-refractivity contribution in [3.63, 3.8) is 0 Å². The Kier molecular flexibility index (Phi) is 1.72. The molecular formula is C6H8O4. The molecule has 0 N–H and O–H groups in total. The second-order valence-electron chi connectivity index (χ2n) is 2.02. The van der Waals surface area contributed by atoms with Crippen LogP contribution in [0.3, 0.4) is 0 Å². The van der Waals surface area contributed by atoms with Gasteiger partial charge in [-0.05, 0) is 6.92 Å². The molecule has 1 unspecified atom stereocenters. The van der Waals surface area contributed by atoms with Crippen molar-refractivity contribution >= 4 is 12.3 Å². The van der Waals surface area contributed by atoms with Crippen LogP contribution in [-0.2, 0) is 19.1 Å². The van der Waals surface area contributed by atoms with E-state index >= 15 is 0 Å². The zero-order valence-corrected chi connectivity index (χ0v) is 5.62. The molecule has 0 amide bonds. The van der Waals surface area contributed by atoms with E-state index in [0.717, 1.165) is 0 Å². The molecule has 1 aliphatic heterocycles. The minimum absolute atomic E-state index is 0.162. The van der Waals surface area contributed by atoms with Crippen LogP contribution in [0, 0.1) is 0 Å². The van der Waals surface area contributed by atoms with Crippen LogP contribution in [0.2, 0.25) is 0 Å². The van der Waals surface area contributed by atoms with E-state index < -0.39 is 11.6 Å². The zero-order valence-electron chi connectivity index (χ0n) is 5.62. The fourth-order valence-corrected chi connectivity index (χ4v) is 0.565. The smallest absolute Gasteiger partial charge is 0.348 e. The molecule has 1 saturated heterocycles. The summed E-state index contributed by atoms with van der Waals surface area (Å²) in [4.78, 5) is 21.0. The second kappa shape index (κ2) is 2.38. The first-order valence-electron chi connectivity index (χ1n) is 3.02. The summed E-state index contributed by atoms with van der Waals surface area (Å²) in [5.74, 6) is -0.579. The van der Waals surface area contributed by atoms with Crippen LogP contribution < -0.4 is 0 Å². The number of carbonyl (C=O) groups is 2. The maximum absolute atomic E-state index is 10.8. The van der Waals surface area contributed by atoms with Gasteiger partial charge in [-0.3, -0.25) is 4.79 Å². The molecule has 0 aromatic rings. The summed E-state index contributed by atoms with van der Waals surface area (Å²) in [6.07, 6.45) is 0.477. The first kappa shape index (κ1) is 7.21. The molecule has 4 heteroatoms. The Bertz CT molecular complexity index is 159. The van der Waals surface area contributed by atoms with Gasteiger partial charge in [0.25, 0.3) is 0 Å². The van der Waals surface area contributed by atoms with Crippen LogP contribution in [0.15, 0.2) is 0 Å². The molecule has 56 valence electrons. The first-order valence-corrected chi connectivity index (χ1v) is 3.02. The third-order valence-electron chi connectivity index (χ3n) is 1.27. The molecule has 1 fully saturated rings. The highest BCUT2D eigenvalue weighted by Crippen LogP contribution is 2.25. The lowest BCUT2D eigenvalue weighted by Crippen LogP contribution is -2.28. The quantitative estimate of drug-likeness (QED) is 0.232. The summed E-state index contributed by atoms with van der Waals surface area (Å²) in [7, 11) is 0. The molecule has 10 heavy (non-hydrogen) atoms. The van der Waals surface area contributed by atoms with E-state index in [0.29, 0.717) is 6.29 Å². The second-order valence-corrected chi connectivity index (χ2v) is 2.02. The highest BCUT2D eigenvalue weighted by molar-refractivity contribution is 5.99. The number of ether oxygens (including phenoxy) is 2. The SMILES string of the molecule is CCOC(=O)C1(C=O)CO1. The molecule has 0 radical (unpaired) electrons. The predicted octanol–water partition coefficient (Wildman–Crippen LogP) is -0.483. The molecule has 0 saturated carbocycles. The molecule has 1 heterocycles. The van der Waals surface area contributed by atoms with Crippen LogP contribution in [0.1, 0.15) is 6.92 Å². The van der Waals surface area contributed by atoms with Crippen LogP contribution in [0.25, 0.3) is 0 Å². The van der Waals surface area contributed by atoms with E-state index in [2.05, 4.69) is 9.47 Å². The van der Waals surface area contributed by atoms with Crippen molar-refractivity contribution in [1.82, 2.24) is 0 Å². The third kappa shape index (κ3) is 1.02. The van der Waals surface area contributed by atoms with E-state index in [1.54, 1.807) is 6.92 Å². The Morgan fingerprint density at radius 3 is 2.80 bits per heavy atom. The summed E-state index contributed by atoms with van der Waals surface area (Å²) in [5.41, 5.74) is -1.24. The van der Waals surface area contributed by atoms with Crippen molar-refractivity contribution in [2.75, 3.05) is 13.2 Å². The summed E-state index contributed by atoms with van der Waals surface area (Å²) >= 11 is 0. The van der Waals surface area contributed by atoms with Crippen molar-refractivity contribution in [3.8, 4) is 0 Å². The maximum Gasteiger partial charge on any atom is 0.348 e. The van der Waals surface area contributed by atoms with Crippen molar-refractivity contribution in [3.05, 3.63) is 0 Å².